The lowest BCUT2D eigenvalue weighted by Gasteiger charge is -2.25. The SMILES string of the molecule is COc1cc(OC)c(C2CC(c3c(O)cc(C)oc3=O)=Nc3nc(SC)nn32)cc1OC. The van der Waals surface area contributed by atoms with E-state index in [9.17, 15) is 9.90 Å². The predicted octanol–water partition coefficient (Wildman–Crippen LogP) is 3.11. The third kappa shape index (κ3) is 3.68. The second kappa shape index (κ2) is 8.58. The minimum absolute atomic E-state index is 0.00000459. The maximum atomic E-state index is 12.6. The van der Waals surface area contributed by atoms with E-state index in [1.807, 2.05) is 6.26 Å². The Bertz CT molecular complexity index is 1270. The van der Waals surface area contributed by atoms with Crippen molar-refractivity contribution in [1.29, 1.82) is 0 Å². The van der Waals surface area contributed by atoms with Gasteiger partial charge in [0.2, 0.25) is 11.1 Å². The highest BCUT2D eigenvalue weighted by Crippen LogP contribution is 2.43. The van der Waals surface area contributed by atoms with Gasteiger partial charge in [-0.05, 0) is 19.2 Å². The van der Waals surface area contributed by atoms with Gasteiger partial charge in [0.15, 0.2) is 11.5 Å². The Morgan fingerprint density at radius 3 is 2.44 bits per heavy atom. The molecule has 168 valence electrons. The van der Waals surface area contributed by atoms with E-state index < -0.39 is 11.7 Å². The second-order valence-corrected chi connectivity index (χ2v) is 7.75. The Hall–Kier alpha value is -3.47. The Kier molecular flexibility index (Phi) is 5.83. The van der Waals surface area contributed by atoms with E-state index in [0.717, 1.165) is 5.56 Å². The van der Waals surface area contributed by atoms with Crippen molar-refractivity contribution in [3.63, 3.8) is 0 Å². The number of ether oxygens (including phenoxy) is 3. The summed E-state index contributed by atoms with van der Waals surface area (Å²) in [5, 5.41) is 15.6. The van der Waals surface area contributed by atoms with Gasteiger partial charge >= 0.3 is 5.63 Å². The predicted molar refractivity (Wildman–Crippen MR) is 118 cm³/mol. The van der Waals surface area contributed by atoms with Crippen LogP contribution in [0.2, 0.25) is 0 Å². The lowest BCUT2D eigenvalue weighted by atomic mass is 9.95. The summed E-state index contributed by atoms with van der Waals surface area (Å²) in [6.45, 7) is 1.59. The Morgan fingerprint density at radius 1 is 1.12 bits per heavy atom. The molecule has 4 rings (SSSR count). The molecule has 1 unspecified atom stereocenters. The summed E-state index contributed by atoms with van der Waals surface area (Å²) in [6.07, 6.45) is 2.09. The molecule has 1 aliphatic heterocycles. The number of rotatable bonds is 6. The topological polar surface area (TPSA) is 121 Å². The molecule has 1 aromatic carbocycles. The monoisotopic (exact) mass is 458 g/mol. The molecule has 0 spiro atoms. The minimum Gasteiger partial charge on any atom is -0.507 e. The molecule has 0 radical (unpaired) electrons. The van der Waals surface area contributed by atoms with Crippen LogP contribution in [0.25, 0.3) is 0 Å². The number of hydrogen-bond acceptors (Lipinski definition) is 10. The van der Waals surface area contributed by atoms with Crippen LogP contribution in [-0.2, 0) is 0 Å². The summed E-state index contributed by atoms with van der Waals surface area (Å²) in [5.74, 6) is 1.97. The van der Waals surface area contributed by atoms with Crippen LogP contribution in [-0.4, -0.2) is 53.2 Å². The summed E-state index contributed by atoms with van der Waals surface area (Å²) in [5.41, 5.74) is 0.398. The van der Waals surface area contributed by atoms with Gasteiger partial charge in [0.1, 0.15) is 22.8 Å². The highest BCUT2D eigenvalue weighted by atomic mass is 32.2. The van der Waals surface area contributed by atoms with E-state index in [1.54, 1.807) is 45.1 Å². The molecule has 0 fully saturated rings. The third-order valence-corrected chi connectivity index (χ3v) is 5.67. The molecular weight excluding hydrogens is 436 g/mol. The normalized spacial score (nSPS) is 15.2. The number of aryl methyl sites for hydroxylation is 1. The van der Waals surface area contributed by atoms with E-state index in [2.05, 4.69) is 15.1 Å². The number of aromatic nitrogens is 3. The summed E-state index contributed by atoms with van der Waals surface area (Å²) in [6, 6.07) is 4.47. The highest BCUT2D eigenvalue weighted by Gasteiger charge is 2.33. The first kappa shape index (κ1) is 21.8. The zero-order valence-corrected chi connectivity index (χ0v) is 19.0. The second-order valence-electron chi connectivity index (χ2n) is 6.98. The molecule has 11 heteroatoms. The van der Waals surface area contributed by atoms with E-state index >= 15 is 0 Å². The number of benzene rings is 1. The third-order valence-electron chi connectivity index (χ3n) is 5.13. The number of nitrogens with zero attached hydrogens (tertiary/aromatic N) is 4. The molecule has 2 aromatic heterocycles. The molecule has 0 saturated carbocycles. The Balaban J connectivity index is 1.93. The van der Waals surface area contributed by atoms with Gasteiger partial charge < -0.3 is 23.7 Å². The van der Waals surface area contributed by atoms with Gasteiger partial charge in [-0.1, -0.05) is 11.8 Å². The molecule has 0 aliphatic carbocycles. The fourth-order valence-electron chi connectivity index (χ4n) is 3.68. The van der Waals surface area contributed by atoms with Gasteiger partial charge in [-0.2, -0.15) is 4.98 Å². The van der Waals surface area contributed by atoms with Gasteiger partial charge in [-0.25, -0.2) is 14.5 Å². The van der Waals surface area contributed by atoms with Crippen molar-refractivity contribution in [2.24, 2.45) is 4.99 Å². The average Bonchev–Trinajstić information content (AvgIpc) is 3.20. The van der Waals surface area contributed by atoms with Crippen LogP contribution >= 0.6 is 11.8 Å². The van der Waals surface area contributed by atoms with Crippen LogP contribution in [0.3, 0.4) is 0 Å². The molecular formula is C21H22N4O6S. The quantitative estimate of drug-likeness (QED) is 0.555. The van der Waals surface area contributed by atoms with E-state index in [4.69, 9.17) is 18.6 Å². The first-order valence-electron chi connectivity index (χ1n) is 9.62. The number of aliphatic imine (C=N–C) groups is 1. The maximum Gasteiger partial charge on any atom is 0.348 e. The molecule has 0 saturated heterocycles. The van der Waals surface area contributed by atoms with E-state index in [0.29, 0.717) is 39.8 Å². The number of thioether (sulfide) groups is 1. The molecule has 1 N–H and O–H groups in total. The van der Waals surface area contributed by atoms with Crippen LogP contribution in [0, 0.1) is 6.92 Å². The molecule has 1 aliphatic rings. The van der Waals surface area contributed by atoms with Crippen molar-refractivity contribution in [1.82, 2.24) is 14.8 Å². The fraction of sp³-hybridized carbons (Fsp3) is 0.333. The summed E-state index contributed by atoms with van der Waals surface area (Å²) >= 11 is 1.37. The van der Waals surface area contributed by atoms with Crippen molar-refractivity contribution < 1.29 is 23.7 Å². The molecule has 0 bridgehead atoms. The minimum atomic E-state index is -0.669. The van der Waals surface area contributed by atoms with Crippen LogP contribution in [0.4, 0.5) is 5.95 Å². The fourth-order valence-corrected chi connectivity index (χ4v) is 4.02. The molecule has 3 heterocycles. The Morgan fingerprint density at radius 2 is 1.81 bits per heavy atom. The van der Waals surface area contributed by atoms with Crippen LogP contribution in [0.15, 0.2) is 37.6 Å². The van der Waals surface area contributed by atoms with Crippen LogP contribution in [0.5, 0.6) is 23.0 Å². The van der Waals surface area contributed by atoms with Gasteiger partial charge in [0.05, 0.1) is 33.1 Å². The van der Waals surface area contributed by atoms with Gasteiger partial charge in [-0.15, -0.1) is 5.10 Å². The van der Waals surface area contributed by atoms with Gasteiger partial charge in [0.25, 0.3) is 0 Å². The van der Waals surface area contributed by atoms with E-state index in [1.165, 1.54) is 17.8 Å². The first-order valence-corrected chi connectivity index (χ1v) is 10.8. The first-order chi connectivity index (χ1) is 15.4. The number of fused-ring (bicyclic) bond motifs is 1. The lowest BCUT2D eigenvalue weighted by Crippen LogP contribution is -2.25. The zero-order chi connectivity index (χ0) is 23.0. The summed E-state index contributed by atoms with van der Waals surface area (Å²) in [7, 11) is 4.64. The van der Waals surface area contributed by atoms with Crippen molar-refractivity contribution in [2.45, 2.75) is 24.5 Å². The van der Waals surface area contributed by atoms with Crippen LogP contribution in [0.1, 0.15) is 29.3 Å². The number of aromatic hydroxyl groups is 1. The highest BCUT2D eigenvalue weighted by molar-refractivity contribution is 7.98. The van der Waals surface area contributed by atoms with Gasteiger partial charge in [0, 0.05) is 24.1 Å². The largest absolute Gasteiger partial charge is 0.507 e. The molecule has 32 heavy (non-hydrogen) atoms. The summed E-state index contributed by atoms with van der Waals surface area (Å²) in [4.78, 5) is 21.5. The molecule has 0 amide bonds. The number of methoxy groups -OCH3 is 3. The average molecular weight is 458 g/mol. The van der Waals surface area contributed by atoms with Crippen molar-refractivity contribution in [3.05, 3.63) is 45.5 Å². The lowest BCUT2D eigenvalue weighted by molar-refractivity contribution is 0.344. The van der Waals surface area contributed by atoms with Crippen molar-refractivity contribution >= 4 is 23.4 Å². The standard InChI is InChI=1S/C21H22N4O6S/c1-10-6-14(26)18(19(27)31-10)12-8-13(25-20(22-12)23-21(24-25)32-5)11-7-16(29-3)17(30-4)9-15(11)28-2/h6-7,9,13,26H,8H2,1-5H3. The molecule has 3 aromatic rings. The van der Waals surface area contributed by atoms with Crippen molar-refractivity contribution in [3.8, 4) is 23.0 Å². The zero-order valence-electron chi connectivity index (χ0n) is 18.2. The summed E-state index contributed by atoms with van der Waals surface area (Å²) < 4.78 is 23.4. The smallest absolute Gasteiger partial charge is 0.348 e. The molecule has 1 atom stereocenters. The van der Waals surface area contributed by atoms with Gasteiger partial charge in [-0.3, -0.25) is 0 Å². The molecule has 10 nitrogen and oxygen atoms in total. The maximum absolute atomic E-state index is 12.6. The Labute approximate surface area is 187 Å². The van der Waals surface area contributed by atoms with Crippen LogP contribution < -0.4 is 19.8 Å². The van der Waals surface area contributed by atoms with Crippen molar-refractivity contribution in [2.75, 3.05) is 27.6 Å². The number of hydrogen-bond donors (Lipinski definition) is 1. The van der Waals surface area contributed by atoms with E-state index in [-0.39, 0.29) is 17.7 Å².